The molecular weight excluding hydrogens is 180 g/mol. The molecule has 0 spiro atoms. The van der Waals surface area contributed by atoms with Gasteiger partial charge in [-0.1, -0.05) is 60.8 Å². The van der Waals surface area contributed by atoms with Crippen molar-refractivity contribution in [3.05, 3.63) is 0 Å². The van der Waals surface area contributed by atoms with Gasteiger partial charge in [-0.15, -0.1) is 0 Å². The quantitative estimate of drug-likeness (QED) is 0.486. The van der Waals surface area contributed by atoms with Crippen LogP contribution in [0, 0.1) is 17.3 Å². The Hall–Kier alpha value is 0. The van der Waals surface area contributed by atoms with Crippen LogP contribution in [0.3, 0.4) is 0 Å². The first-order valence-electron chi connectivity index (χ1n) is 6.95. The zero-order valence-corrected chi connectivity index (χ0v) is 11.9. The van der Waals surface area contributed by atoms with E-state index in [1.807, 2.05) is 0 Å². The summed E-state index contributed by atoms with van der Waals surface area (Å²) in [7, 11) is 0. The third-order valence-electron chi connectivity index (χ3n) is 3.49. The zero-order valence-electron chi connectivity index (χ0n) is 11.9. The molecule has 0 aliphatic heterocycles. The molecule has 0 radical (unpaired) electrons. The van der Waals surface area contributed by atoms with E-state index >= 15 is 0 Å². The fourth-order valence-corrected chi connectivity index (χ4v) is 3.04. The van der Waals surface area contributed by atoms with Crippen LogP contribution >= 0.6 is 0 Å². The van der Waals surface area contributed by atoms with Crippen LogP contribution in [-0.4, -0.2) is 0 Å². The highest BCUT2D eigenvalue weighted by molar-refractivity contribution is 4.80. The van der Waals surface area contributed by atoms with E-state index in [2.05, 4.69) is 41.5 Å². The molecule has 0 heteroatoms. The summed E-state index contributed by atoms with van der Waals surface area (Å²) in [6.45, 7) is 14.2. The van der Waals surface area contributed by atoms with E-state index in [0.29, 0.717) is 5.41 Å². The second kappa shape index (κ2) is 7.30. The van der Waals surface area contributed by atoms with Gasteiger partial charge in [0.05, 0.1) is 0 Å². The topological polar surface area (TPSA) is 0 Å². The normalized spacial score (nSPS) is 12.8. The summed E-state index contributed by atoms with van der Waals surface area (Å²) in [5, 5.41) is 0. The molecule has 0 nitrogen and oxygen atoms in total. The molecule has 0 saturated carbocycles. The van der Waals surface area contributed by atoms with Gasteiger partial charge in [0.1, 0.15) is 0 Å². The average Bonchev–Trinajstić information content (AvgIpc) is 2.12. The molecule has 0 fully saturated rings. The molecule has 0 aromatic carbocycles. The SMILES string of the molecule is CCCCC(CC)(CC(C)C)CC(C)C. The second-order valence-corrected chi connectivity index (χ2v) is 6.15. The van der Waals surface area contributed by atoms with Gasteiger partial charge in [0.15, 0.2) is 0 Å². The van der Waals surface area contributed by atoms with Gasteiger partial charge in [-0.3, -0.25) is 0 Å². The average molecular weight is 212 g/mol. The van der Waals surface area contributed by atoms with Crippen LogP contribution < -0.4 is 0 Å². The molecular formula is C15H32. The highest BCUT2D eigenvalue weighted by Gasteiger charge is 2.29. The lowest BCUT2D eigenvalue weighted by atomic mass is 9.69. The first-order valence-corrected chi connectivity index (χ1v) is 6.95. The third kappa shape index (κ3) is 6.22. The Balaban J connectivity index is 4.44. The van der Waals surface area contributed by atoms with Crippen molar-refractivity contribution >= 4 is 0 Å². The maximum atomic E-state index is 2.39. The number of hydrogen-bond acceptors (Lipinski definition) is 0. The van der Waals surface area contributed by atoms with Crippen molar-refractivity contribution in [3.8, 4) is 0 Å². The maximum absolute atomic E-state index is 2.39. The van der Waals surface area contributed by atoms with Crippen molar-refractivity contribution in [2.45, 2.75) is 80.1 Å². The second-order valence-electron chi connectivity index (χ2n) is 6.15. The lowest BCUT2D eigenvalue weighted by Gasteiger charge is -2.36. The van der Waals surface area contributed by atoms with E-state index in [1.54, 1.807) is 0 Å². The van der Waals surface area contributed by atoms with Crippen molar-refractivity contribution in [3.63, 3.8) is 0 Å². The van der Waals surface area contributed by atoms with Crippen LogP contribution in [0.4, 0.5) is 0 Å². The molecule has 92 valence electrons. The molecule has 0 aromatic rings. The molecule has 0 amide bonds. The molecule has 0 unspecified atom stereocenters. The highest BCUT2D eigenvalue weighted by atomic mass is 14.3. The summed E-state index contributed by atoms with van der Waals surface area (Å²) in [4.78, 5) is 0. The first-order chi connectivity index (χ1) is 6.95. The fraction of sp³-hybridized carbons (Fsp3) is 1.00. The van der Waals surface area contributed by atoms with E-state index < -0.39 is 0 Å². The van der Waals surface area contributed by atoms with Crippen molar-refractivity contribution in [1.29, 1.82) is 0 Å². The Morgan fingerprint density at radius 1 is 0.867 bits per heavy atom. The highest BCUT2D eigenvalue weighted by Crippen LogP contribution is 2.41. The fourth-order valence-electron chi connectivity index (χ4n) is 3.04. The van der Waals surface area contributed by atoms with Gasteiger partial charge in [-0.2, -0.15) is 0 Å². The number of unbranched alkanes of at least 4 members (excludes halogenated alkanes) is 1. The van der Waals surface area contributed by atoms with Gasteiger partial charge >= 0.3 is 0 Å². The Morgan fingerprint density at radius 3 is 1.60 bits per heavy atom. The summed E-state index contributed by atoms with van der Waals surface area (Å²) in [6.07, 6.45) is 8.40. The lowest BCUT2D eigenvalue weighted by Crippen LogP contribution is -2.24. The molecule has 0 aliphatic rings. The molecule has 0 rings (SSSR count). The molecule has 0 heterocycles. The van der Waals surface area contributed by atoms with E-state index in [0.717, 1.165) is 11.8 Å². The van der Waals surface area contributed by atoms with E-state index in [4.69, 9.17) is 0 Å². The number of hydrogen-bond donors (Lipinski definition) is 0. The molecule has 0 N–H and O–H groups in total. The lowest BCUT2D eigenvalue weighted by molar-refractivity contribution is 0.152. The molecule has 15 heavy (non-hydrogen) atoms. The maximum Gasteiger partial charge on any atom is -0.0295 e. The minimum atomic E-state index is 0.637. The predicted octanol–water partition coefficient (Wildman–Crippen LogP) is 5.67. The molecule has 0 atom stereocenters. The summed E-state index contributed by atoms with van der Waals surface area (Å²) in [5.74, 6) is 1.70. The number of rotatable bonds is 8. The van der Waals surface area contributed by atoms with Crippen LogP contribution in [-0.2, 0) is 0 Å². The summed E-state index contributed by atoms with van der Waals surface area (Å²) < 4.78 is 0. The minimum Gasteiger partial charge on any atom is -0.0654 e. The summed E-state index contributed by atoms with van der Waals surface area (Å²) in [5.41, 5.74) is 0.637. The Kier molecular flexibility index (Phi) is 7.30. The Bertz CT molecular complexity index is 134. The van der Waals surface area contributed by atoms with Crippen LogP contribution in [0.25, 0.3) is 0 Å². The summed E-state index contributed by atoms with van der Waals surface area (Å²) >= 11 is 0. The monoisotopic (exact) mass is 212 g/mol. The van der Waals surface area contributed by atoms with Gasteiger partial charge in [0, 0.05) is 0 Å². The van der Waals surface area contributed by atoms with Crippen LogP contribution in [0.1, 0.15) is 80.1 Å². The van der Waals surface area contributed by atoms with E-state index in [9.17, 15) is 0 Å². The Morgan fingerprint density at radius 2 is 1.33 bits per heavy atom. The zero-order chi connectivity index (χ0) is 11.9. The molecule has 0 bridgehead atoms. The van der Waals surface area contributed by atoms with E-state index in [-0.39, 0.29) is 0 Å². The molecule has 0 aromatic heterocycles. The van der Waals surface area contributed by atoms with Crippen molar-refractivity contribution in [2.75, 3.05) is 0 Å². The van der Waals surface area contributed by atoms with Gasteiger partial charge in [-0.05, 0) is 36.5 Å². The van der Waals surface area contributed by atoms with Gasteiger partial charge < -0.3 is 0 Å². The minimum absolute atomic E-state index is 0.637. The van der Waals surface area contributed by atoms with Gasteiger partial charge in [-0.25, -0.2) is 0 Å². The largest absolute Gasteiger partial charge is 0.0654 e. The predicted molar refractivity (Wildman–Crippen MR) is 71.2 cm³/mol. The summed E-state index contributed by atoms with van der Waals surface area (Å²) in [6, 6.07) is 0. The van der Waals surface area contributed by atoms with Crippen molar-refractivity contribution in [1.82, 2.24) is 0 Å². The first kappa shape index (κ1) is 15.0. The smallest absolute Gasteiger partial charge is 0.0295 e. The van der Waals surface area contributed by atoms with Crippen LogP contribution in [0.5, 0.6) is 0 Å². The third-order valence-corrected chi connectivity index (χ3v) is 3.49. The Labute approximate surface area is 97.8 Å². The van der Waals surface area contributed by atoms with Crippen LogP contribution in [0.2, 0.25) is 0 Å². The molecule has 0 aliphatic carbocycles. The standard InChI is InChI=1S/C15H32/c1-7-9-10-15(8-2,11-13(3)4)12-14(5)6/h13-14H,7-12H2,1-6H3. The van der Waals surface area contributed by atoms with Gasteiger partial charge in [0.25, 0.3) is 0 Å². The molecule has 0 saturated heterocycles. The van der Waals surface area contributed by atoms with Crippen molar-refractivity contribution in [2.24, 2.45) is 17.3 Å². The van der Waals surface area contributed by atoms with Crippen LogP contribution in [0.15, 0.2) is 0 Å². The van der Waals surface area contributed by atoms with E-state index in [1.165, 1.54) is 38.5 Å². The van der Waals surface area contributed by atoms with Crippen molar-refractivity contribution < 1.29 is 0 Å². The van der Waals surface area contributed by atoms with Gasteiger partial charge in [0.2, 0.25) is 0 Å².